The molecule has 0 spiro atoms. The summed E-state index contributed by atoms with van der Waals surface area (Å²) >= 11 is 0. The maximum Gasteiger partial charge on any atom is 0.152 e. The van der Waals surface area contributed by atoms with E-state index in [9.17, 15) is 4.79 Å². The maximum absolute atomic E-state index is 10.7. The summed E-state index contributed by atoms with van der Waals surface area (Å²) in [6, 6.07) is 0. The van der Waals surface area contributed by atoms with Crippen LogP contribution in [0.15, 0.2) is 12.2 Å². The van der Waals surface area contributed by atoms with Gasteiger partial charge in [-0.15, -0.1) is 0 Å². The molecule has 0 aliphatic heterocycles. The molecule has 0 rings (SSSR count). The van der Waals surface area contributed by atoms with Gasteiger partial charge in [0, 0.05) is 0 Å². The third kappa shape index (κ3) is 15.4. The Balaban J connectivity index is 3.01. The summed E-state index contributed by atoms with van der Waals surface area (Å²) in [7, 11) is 0. The molecule has 0 heterocycles. The van der Waals surface area contributed by atoms with Crippen LogP contribution >= 0.6 is 0 Å². The zero-order valence-electron chi connectivity index (χ0n) is 12.5. The van der Waals surface area contributed by atoms with Gasteiger partial charge in [-0.25, -0.2) is 0 Å². The fourth-order valence-electron chi connectivity index (χ4n) is 2.18. The molecule has 106 valence electrons. The lowest BCUT2D eigenvalue weighted by Crippen LogP contribution is -1.82. The molecule has 1 heteroatoms. The molecule has 0 saturated heterocycles. The largest absolute Gasteiger partial charge is 0.295 e. The number of ketones is 1. The summed E-state index contributed by atoms with van der Waals surface area (Å²) in [5.41, 5.74) is 0. The Kier molecular flexibility index (Phi) is 14.0. The molecule has 0 aliphatic carbocycles. The molecule has 0 amide bonds. The first-order chi connectivity index (χ1) is 8.77. The second kappa shape index (κ2) is 14.5. The lowest BCUT2D eigenvalue weighted by atomic mass is 10.1. The Morgan fingerprint density at radius 2 is 1.22 bits per heavy atom. The van der Waals surface area contributed by atoms with Gasteiger partial charge in [-0.1, -0.05) is 77.2 Å². The smallest absolute Gasteiger partial charge is 0.152 e. The highest BCUT2D eigenvalue weighted by molar-refractivity contribution is 5.87. The lowest BCUT2D eigenvalue weighted by molar-refractivity contribution is -0.112. The highest BCUT2D eigenvalue weighted by atomic mass is 16.1. The number of carbonyl (C=O) groups excluding carboxylic acids is 1. The number of rotatable bonds is 13. The van der Waals surface area contributed by atoms with Crippen LogP contribution in [-0.4, -0.2) is 5.78 Å². The average molecular weight is 252 g/mol. The minimum atomic E-state index is 0.165. The first-order valence-corrected chi connectivity index (χ1v) is 7.94. The quantitative estimate of drug-likeness (QED) is 0.297. The zero-order valence-corrected chi connectivity index (χ0v) is 12.5. The van der Waals surface area contributed by atoms with E-state index in [1.165, 1.54) is 70.6 Å². The van der Waals surface area contributed by atoms with Gasteiger partial charge in [0.25, 0.3) is 0 Å². The van der Waals surface area contributed by atoms with Crippen LogP contribution in [0.2, 0.25) is 0 Å². The molecule has 0 atom stereocenters. The predicted octanol–water partition coefficient (Wildman–Crippen LogP) is 5.83. The monoisotopic (exact) mass is 252 g/mol. The van der Waals surface area contributed by atoms with Crippen molar-refractivity contribution in [2.45, 2.75) is 90.9 Å². The van der Waals surface area contributed by atoms with Gasteiger partial charge >= 0.3 is 0 Å². The summed E-state index contributed by atoms with van der Waals surface area (Å²) in [5.74, 6) is 0.165. The minimum Gasteiger partial charge on any atom is -0.295 e. The summed E-state index contributed by atoms with van der Waals surface area (Å²) in [4.78, 5) is 10.7. The second-order valence-corrected chi connectivity index (χ2v) is 5.34. The highest BCUT2D eigenvalue weighted by Gasteiger charge is 1.92. The fourth-order valence-corrected chi connectivity index (χ4v) is 2.18. The van der Waals surface area contributed by atoms with E-state index in [4.69, 9.17) is 0 Å². The molecule has 0 radical (unpaired) electrons. The Morgan fingerprint density at radius 3 is 1.67 bits per heavy atom. The van der Waals surface area contributed by atoms with Crippen LogP contribution in [0.1, 0.15) is 90.9 Å². The van der Waals surface area contributed by atoms with Gasteiger partial charge in [0.2, 0.25) is 0 Å². The number of carbonyl (C=O) groups is 1. The van der Waals surface area contributed by atoms with Crippen LogP contribution in [-0.2, 0) is 4.79 Å². The first-order valence-electron chi connectivity index (χ1n) is 7.94. The second-order valence-electron chi connectivity index (χ2n) is 5.34. The first kappa shape index (κ1) is 17.4. The van der Waals surface area contributed by atoms with E-state index in [0.717, 1.165) is 6.42 Å². The summed E-state index contributed by atoms with van der Waals surface area (Å²) in [6.07, 6.45) is 20.0. The molecule has 0 fully saturated rings. The van der Waals surface area contributed by atoms with Crippen molar-refractivity contribution in [2.24, 2.45) is 0 Å². The summed E-state index contributed by atoms with van der Waals surface area (Å²) in [6.45, 7) is 3.88. The van der Waals surface area contributed by atoms with Gasteiger partial charge in [-0.05, 0) is 25.8 Å². The Labute approximate surface area is 114 Å². The average Bonchev–Trinajstić information content (AvgIpc) is 2.34. The molecule has 0 aliphatic rings. The van der Waals surface area contributed by atoms with Crippen molar-refractivity contribution in [3.05, 3.63) is 12.2 Å². The lowest BCUT2D eigenvalue weighted by Gasteiger charge is -2.01. The van der Waals surface area contributed by atoms with Gasteiger partial charge in [0.1, 0.15) is 0 Å². The van der Waals surface area contributed by atoms with Crippen molar-refractivity contribution >= 4 is 5.78 Å². The number of allylic oxidation sites excluding steroid dienone is 2. The van der Waals surface area contributed by atoms with E-state index in [0.29, 0.717) is 0 Å². The van der Waals surface area contributed by atoms with Crippen molar-refractivity contribution in [2.75, 3.05) is 0 Å². The SMILES string of the molecule is CCCCCCCCCCCCCC=CC(C)=O. The predicted molar refractivity (Wildman–Crippen MR) is 80.9 cm³/mol. The minimum absolute atomic E-state index is 0.165. The Hall–Kier alpha value is -0.590. The van der Waals surface area contributed by atoms with Gasteiger partial charge < -0.3 is 0 Å². The molecule has 0 unspecified atom stereocenters. The van der Waals surface area contributed by atoms with E-state index >= 15 is 0 Å². The molecule has 0 saturated carbocycles. The highest BCUT2D eigenvalue weighted by Crippen LogP contribution is 2.11. The summed E-state index contributed by atoms with van der Waals surface area (Å²) < 4.78 is 0. The zero-order chi connectivity index (χ0) is 13.5. The Bertz CT molecular complexity index is 206. The molecule has 0 aromatic rings. The van der Waals surface area contributed by atoms with Crippen molar-refractivity contribution in [1.29, 1.82) is 0 Å². The standard InChI is InChI=1S/C17H32O/c1-3-4-5-6-7-8-9-10-11-12-13-14-15-16-17(2)18/h15-16H,3-14H2,1-2H3. The molecule has 0 aromatic heterocycles. The van der Waals surface area contributed by atoms with Crippen LogP contribution < -0.4 is 0 Å². The maximum atomic E-state index is 10.7. The van der Waals surface area contributed by atoms with Gasteiger partial charge in [0.15, 0.2) is 5.78 Å². The Morgan fingerprint density at radius 1 is 0.778 bits per heavy atom. The molecule has 0 aromatic carbocycles. The fraction of sp³-hybridized carbons (Fsp3) is 0.824. The van der Waals surface area contributed by atoms with Crippen LogP contribution in [0.3, 0.4) is 0 Å². The normalized spacial score (nSPS) is 11.2. The van der Waals surface area contributed by atoms with Crippen molar-refractivity contribution in [1.82, 2.24) is 0 Å². The van der Waals surface area contributed by atoms with E-state index in [2.05, 4.69) is 6.92 Å². The van der Waals surface area contributed by atoms with E-state index in [-0.39, 0.29) is 5.78 Å². The number of hydrogen-bond acceptors (Lipinski definition) is 1. The number of unbranched alkanes of at least 4 members (excludes halogenated alkanes) is 11. The van der Waals surface area contributed by atoms with Gasteiger partial charge in [-0.2, -0.15) is 0 Å². The van der Waals surface area contributed by atoms with Gasteiger partial charge in [-0.3, -0.25) is 4.79 Å². The number of hydrogen-bond donors (Lipinski definition) is 0. The topological polar surface area (TPSA) is 17.1 Å². The third-order valence-corrected chi connectivity index (χ3v) is 3.33. The molecular formula is C17H32O. The summed E-state index contributed by atoms with van der Waals surface area (Å²) in [5, 5.41) is 0. The van der Waals surface area contributed by atoms with Crippen molar-refractivity contribution in [3.63, 3.8) is 0 Å². The van der Waals surface area contributed by atoms with E-state index in [1.807, 2.05) is 6.08 Å². The molecule has 18 heavy (non-hydrogen) atoms. The van der Waals surface area contributed by atoms with Crippen LogP contribution in [0.25, 0.3) is 0 Å². The van der Waals surface area contributed by atoms with Crippen LogP contribution in [0, 0.1) is 0 Å². The van der Waals surface area contributed by atoms with Crippen LogP contribution in [0.5, 0.6) is 0 Å². The van der Waals surface area contributed by atoms with Crippen molar-refractivity contribution < 1.29 is 4.79 Å². The van der Waals surface area contributed by atoms with E-state index < -0.39 is 0 Å². The van der Waals surface area contributed by atoms with E-state index in [1.54, 1.807) is 13.0 Å². The molecular weight excluding hydrogens is 220 g/mol. The molecule has 0 N–H and O–H groups in total. The van der Waals surface area contributed by atoms with Gasteiger partial charge in [0.05, 0.1) is 0 Å². The third-order valence-electron chi connectivity index (χ3n) is 3.33. The molecule has 1 nitrogen and oxygen atoms in total. The van der Waals surface area contributed by atoms with Crippen LogP contribution in [0.4, 0.5) is 0 Å². The van der Waals surface area contributed by atoms with Crippen molar-refractivity contribution in [3.8, 4) is 0 Å². The molecule has 0 bridgehead atoms.